The fraction of sp³-hybridized carbons (Fsp3) is 0.948. The van der Waals surface area contributed by atoms with E-state index in [4.69, 9.17) is 4.74 Å². The van der Waals surface area contributed by atoms with E-state index >= 15 is 0 Å². The highest BCUT2D eigenvalue weighted by Crippen LogP contribution is 2.20. The number of ether oxygens (including phenoxy) is 1. The van der Waals surface area contributed by atoms with Gasteiger partial charge in [-0.1, -0.05) is 392 Å². The van der Waals surface area contributed by atoms with Crippen molar-refractivity contribution in [2.75, 3.05) is 13.2 Å². The molecule has 0 rings (SSSR count). The Morgan fingerprint density at radius 3 is 0.855 bits per heavy atom. The van der Waals surface area contributed by atoms with Crippen LogP contribution in [0.25, 0.3) is 0 Å². The first-order valence-electron chi connectivity index (χ1n) is 38.4. The maximum absolute atomic E-state index is 12.6. The van der Waals surface area contributed by atoms with Crippen LogP contribution in [0.4, 0.5) is 0 Å². The van der Waals surface area contributed by atoms with Crippen LogP contribution in [-0.2, 0) is 14.3 Å². The van der Waals surface area contributed by atoms with Gasteiger partial charge in [-0.2, -0.15) is 0 Å². The Hall–Kier alpha value is -1.40. The summed E-state index contributed by atoms with van der Waals surface area (Å²) in [5.41, 5.74) is 0. The number of carbonyl (C=O) groups is 2. The predicted molar refractivity (Wildman–Crippen MR) is 366 cm³/mol. The van der Waals surface area contributed by atoms with E-state index in [1.807, 2.05) is 0 Å². The summed E-state index contributed by atoms with van der Waals surface area (Å²) in [6.07, 6.45) is 91.4. The minimum absolute atomic E-state index is 0.0189. The lowest BCUT2D eigenvalue weighted by Crippen LogP contribution is -2.45. The van der Waals surface area contributed by atoms with E-state index in [0.29, 0.717) is 25.9 Å². The van der Waals surface area contributed by atoms with Gasteiger partial charge in [0.1, 0.15) is 0 Å². The van der Waals surface area contributed by atoms with Crippen LogP contribution in [0.15, 0.2) is 12.2 Å². The normalized spacial score (nSPS) is 12.5. The molecule has 3 N–H and O–H groups in total. The summed E-state index contributed by atoms with van der Waals surface area (Å²) in [6.45, 7) is 5.01. The van der Waals surface area contributed by atoms with Crippen LogP contribution in [0, 0.1) is 0 Å². The summed E-state index contributed by atoms with van der Waals surface area (Å²) in [6, 6.07) is -0.545. The topological polar surface area (TPSA) is 95.9 Å². The summed E-state index contributed by atoms with van der Waals surface area (Å²) in [7, 11) is 0. The number of allylic oxidation sites excluding steroid dienone is 2. The van der Waals surface area contributed by atoms with Crippen LogP contribution in [0.2, 0.25) is 0 Å². The molecule has 2 unspecified atom stereocenters. The monoisotopic (exact) mass is 1170 g/mol. The van der Waals surface area contributed by atoms with Crippen molar-refractivity contribution < 1.29 is 24.5 Å². The average molecular weight is 1170 g/mol. The molecule has 6 heteroatoms. The molecule has 6 nitrogen and oxygen atoms in total. The van der Waals surface area contributed by atoms with Gasteiger partial charge < -0.3 is 20.3 Å². The highest BCUT2D eigenvalue weighted by molar-refractivity contribution is 5.76. The Morgan fingerprint density at radius 1 is 0.325 bits per heavy atom. The fourth-order valence-electron chi connectivity index (χ4n) is 12.5. The van der Waals surface area contributed by atoms with Crippen LogP contribution < -0.4 is 5.32 Å². The second-order valence-electron chi connectivity index (χ2n) is 26.7. The minimum Gasteiger partial charge on any atom is -0.466 e. The van der Waals surface area contributed by atoms with Crippen molar-refractivity contribution in [3.63, 3.8) is 0 Å². The molecule has 0 aliphatic rings. The second kappa shape index (κ2) is 73.1. The molecule has 0 aromatic carbocycles. The molecule has 0 aromatic heterocycles. The Morgan fingerprint density at radius 2 is 0.566 bits per heavy atom. The molecule has 0 spiro atoms. The predicted octanol–water partition coefficient (Wildman–Crippen LogP) is 25.1. The minimum atomic E-state index is -0.667. The van der Waals surface area contributed by atoms with Gasteiger partial charge in [0.05, 0.1) is 25.4 Å². The van der Waals surface area contributed by atoms with Crippen molar-refractivity contribution in [3.05, 3.63) is 12.2 Å². The third-order valence-electron chi connectivity index (χ3n) is 18.3. The van der Waals surface area contributed by atoms with Gasteiger partial charge in [-0.25, -0.2) is 0 Å². The Labute approximate surface area is 520 Å². The second-order valence-corrected chi connectivity index (χ2v) is 26.7. The number of amides is 1. The molecule has 0 saturated carbocycles. The number of hydrogen-bond donors (Lipinski definition) is 3. The number of hydrogen-bond acceptors (Lipinski definition) is 5. The molecule has 0 radical (unpaired) electrons. The lowest BCUT2D eigenvalue weighted by atomic mass is 10.0. The van der Waals surface area contributed by atoms with Crippen molar-refractivity contribution in [1.82, 2.24) is 5.32 Å². The SMILES string of the molecule is CCCCCCCCCCCCCCCCCCCCCCCCCCC(O)C(CO)NC(=O)CCCCCCCCCCC/C=C\CCCCCCCCCCCCCCOC(=O)CCCCCCCCCCCCCCCCCCC. The van der Waals surface area contributed by atoms with Gasteiger partial charge in [-0.15, -0.1) is 0 Å². The molecule has 83 heavy (non-hydrogen) atoms. The first kappa shape index (κ1) is 81.6. The van der Waals surface area contributed by atoms with E-state index in [0.717, 1.165) is 38.5 Å². The van der Waals surface area contributed by atoms with E-state index < -0.39 is 12.1 Å². The number of nitrogens with one attached hydrogen (secondary N) is 1. The van der Waals surface area contributed by atoms with Crippen LogP contribution in [0.1, 0.15) is 444 Å². The van der Waals surface area contributed by atoms with Gasteiger partial charge in [-0.05, 0) is 51.4 Å². The smallest absolute Gasteiger partial charge is 0.305 e. The van der Waals surface area contributed by atoms with Gasteiger partial charge in [0.25, 0.3) is 0 Å². The van der Waals surface area contributed by atoms with Crippen molar-refractivity contribution in [1.29, 1.82) is 0 Å². The average Bonchev–Trinajstić information content (AvgIpc) is 3.49. The maximum atomic E-state index is 12.6. The molecule has 1 amide bonds. The largest absolute Gasteiger partial charge is 0.466 e. The Balaban J connectivity index is 3.38. The van der Waals surface area contributed by atoms with Gasteiger partial charge in [0, 0.05) is 12.8 Å². The highest BCUT2D eigenvalue weighted by Gasteiger charge is 2.20. The van der Waals surface area contributed by atoms with Crippen LogP contribution in [0.5, 0.6) is 0 Å². The van der Waals surface area contributed by atoms with Crippen molar-refractivity contribution in [3.8, 4) is 0 Å². The zero-order chi connectivity index (χ0) is 59.9. The molecule has 0 heterocycles. The molecule has 2 atom stereocenters. The highest BCUT2D eigenvalue weighted by atomic mass is 16.5. The zero-order valence-electron chi connectivity index (χ0n) is 56.7. The number of esters is 1. The maximum Gasteiger partial charge on any atom is 0.305 e. The number of rotatable bonds is 73. The third kappa shape index (κ3) is 69.6. The third-order valence-corrected chi connectivity index (χ3v) is 18.3. The number of carbonyl (C=O) groups excluding carboxylic acids is 2. The van der Waals surface area contributed by atoms with Crippen LogP contribution >= 0.6 is 0 Å². The first-order chi connectivity index (χ1) is 41.0. The van der Waals surface area contributed by atoms with Gasteiger partial charge in [0.15, 0.2) is 0 Å². The summed E-state index contributed by atoms with van der Waals surface area (Å²) in [4.78, 5) is 24.7. The molecule has 0 aliphatic heterocycles. The number of aliphatic hydroxyl groups excluding tert-OH is 2. The summed E-state index contributed by atoms with van der Waals surface area (Å²) >= 11 is 0. The Bertz CT molecular complexity index is 1260. The summed E-state index contributed by atoms with van der Waals surface area (Å²) < 4.78 is 5.51. The van der Waals surface area contributed by atoms with E-state index in [1.165, 1.54) is 372 Å². The van der Waals surface area contributed by atoms with E-state index in [2.05, 4.69) is 31.3 Å². The lowest BCUT2D eigenvalue weighted by molar-refractivity contribution is -0.143. The summed E-state index contributed by atoms with van der Waals surface area (Å²) in [5, 5.41) is 23.5. The lowest BCUT2D eigenvalue weighted by Gasteiger charge is -2.22. The standard InChI is InChI=1S/C77H151NO5/c1-3-5-7-9-11-13-15-17-19-21-22-23-24-28-31-34-38-41-45-49-53-57-61-65-69-75(80)74(73-79)78-76(81)70-66-62-58-54-50-46-42-39-35-32-29-26-25-27-30-33-36-40-44-48-52-56-60-64-68-72-83-77(82)71-67-63-59-55-51-47-43-37-20-18-16-14-12-10-8-6-4-2/h26,29,74-75,79-80H,3-25,27-28,30-73H2,1-2H3,(H,78,81)/b29-26-. The van der Waals surface area contributed by atoms with Crippen LogP contribution in [-0.4, -0.2) is 47.4 Å². The van der Waals surface area contributed by atoms with Gasteiger partial charge in [-0.3, -0.25) is 9.59 Å². The van der Waals surface area contributed by atoms with E-state index in [9.17, 15) is 19.8 Å². The van der Waals surface area contributed by atoms with Crippen molar-refractivity contribution >= 4 is 11.9 Å². The number of unbranched alkanes of at least 4 members (excludes halogenated alkanes) is 60. The fourth-order valence-corrected chi connectivity index (χ4v) is 12.5. The van der Waals surface area contributed by atoms with Gasteiger partial charge >= 0.3 is 5.97 Å². The molecule has 0 aliphatic carbocycles. The first-order valence-corrected chi connectivity index (χ1v) is 38.4. The van der Waals surface area contributed by atoms with Crippen LogP contribution in [0.3, 0.4) is 0 Å². The summed E-state index contributed by atoms with van der Waals surface area (Å²) in [5.74, 6) is -0.0133. The van der Waals surface area contributed by atoms with Crippen molar-refractivity contribution in [2.24, 2.45) is 0 Å². The molecule has 0 saturated heterocycles. The quantitative estimate of drug-likeness (QED) is 0.0320. The molecule has 0 fully saturated rings. The number of aliphatic hydroxyl groups is 2. The zero-order valence-corrected chi connectivity index (χ0v) is 56.7. The Kier molecular flexibility index (Phi) is 71.8. The molecule has 0 aromatic rings. The van der Waals surface area contributed by atoms with E-state index in [-0.39, 0.29) is 18.5 Å². The van der Waals surface area contributed by atoms with Crippen molar-refractivity contribution in [2.45, 2.75) is 456 Å². The van der Waals surface area contributed by atoms with Gasteiger partial charge in [0.2, 0.25) is 5.91 Å². The molecular weight excluding hydrogens is 1020 g/mol. The molecule has 494 valence electrons. The van der Waals surface area contributed by atoms with E-state index in [1.54, 1.807) is 0 Å². The molecule has 0 bridgehead atoms. The molecular formula is C77H151NO5.